The van der Waals surface area contributed by atoms with Crippen LogP contribution in [0.1, 0.15) is 29.7 Å². The topological polar surface area (TPSA) is 59.8 Å². The smallest absolute Gasteiger partial charge is 0.230 e. The van der Waals surface area contributed by atoms with E-state index in [9.17, 15) is 4.79 Å². The molecular formula is C24H24N4OS. The molecule has 4 rings (SSSR count). The van der Waals surface area contributed by atoms with Gasteiger partial charge in [-0.15, -0.1) is 10.2 Å². The molecule has 152 valence electrons. The summed E-state index contributed by atoms with van der Waals surface area (Å²) in [4.78, 5) is 12.6. The van der Waals surface area contributed by atoms with E-state index < -0.39 is 0 Å². The molecule has 0 saturated heterocycles. The molecule has 0 spiro atoms. The minimum Gasteiger partial charge on any atom is -0.349 e. The average molecular weight is 417 g/mol. The van der Waals surface area contributed by atoms with Gasteiger partial charge in [-0.3, -0.25) is 9.36 Å². The number of nitrogens with zero attached hydrogens (tertiary/aromatic N) is 3. The van der Waals surface area contributed by atoms with E-state index in [0.29, 0.717) is 5.16 Å². The number of benzene rings is 3. The summed E-state index contributed by atoms with van der Waals surface area (Å²) in [5.74, 6) is 0.244. The summed E-state index contributed by atoms with van der Waals surface area (Å²) < 4.78 is 1.92. The monoisotopic (exact) mass is 416 g/mol. The fourth-order valence-electron chi connectivity index (χ4n) is 3.49. The van der Waals surface area contributed by atoms with Crippen molar-refractivity contribution in [2.75, 3.05) is 5.75 Å². The van der Waals surface area contributed by atoms with Gasteiger partial charge in [0.1, 0.15) is 6.33 Å². The highest BCUT2D eigenvalue weighted by molar-refractivity contribution is 7.99. The molecule has 1 unspecified atom stereocenters. The van der Waals surface area contributed by atoms with Crippen LogP contribution in [0.5, 0.6) is 0 Å². The number of fused-ring (bicyclic) bond motifs is 1. The van der Waals surface area contributed by atoms with E-state index in [2.05, 4.69) is 65.8 Å². The van der Waals surface area contributed by atoms with Crippen molar-refractivity contribution in [1.29, 1.82) is 0 Å². The van der Waals surface area contributed by atoms with Crippen LogP contribution in [-0.2, 0) is 4.79 Å². The number of hydrogen-bond donors (Lipinski definition) is 1. The second-order valence-corrected chi connectivity index (χ2v) is 8.34. The first-order valence-corrected chi connectivity index (χ1v) is 10.9. The largest absolute Gasteiger partial charge is 0.349 e. The molecule has 1 aromatic heterocycles. The van der Waals surface area contributed by atoms with Crippen LogP contribution in [0.2, 0.25) is 0 Å². The van der Waals surface area contributed by atoms with Crippen LogP contribution in [0.25, 0.3) is 16.5 Å². The fourth-order valence-corrected chi connectivity index (χ4v) is 4.23. The van der Waals surface area contributed by atoms with Gasteiger partial charge in [0.15, 0.2) is 5.16 Å². The molecule has 0 bridgehead atoms. The Labute approximate surface area is 180 Å². The number of aromatic nitrogens is 3. The van der Waals surface area contributed by atoms with Gasteiger partial charge in [0.05, 0.1) is 11.8 Å². The second kappa shape index (κ2) is 8.71. The minimum atomic E-state index is -0.0816. The first-order valence-electron chi connectivity index (χ1n) is 9.90. The van der Waals surface area contributed by atoms with Crippen molar-refractivity contribution in [3.05, 3.63) is 83.7 Å². The van der Waals surface area contributed by atoms with E-state index in [0.717, 1.165) is 16.6 Å². The number of nitrogens with one attached hydrogen (secondary N) is 1. The van der Waals surface area contributed by atoms with Gasteiger partial charge >= 0.3 is 0 Å². The highest BCUT2D eigenvalue weighted by Gasteiger charge is 2.15. The molecule has 4 aromatic rings. The lowest BCUT2D eigenvalue weighted by molar-refractivity contribution is -0.119. The SMILES string of the molecule is Cc1ccc(-n2cnnc2SCC(=O)NC(C)c2cccc3ccccc23)cc1C. The molecule has 0 saturated carbocycles. The van der Waals surface area contributed by atoms with E-state index in [1.54, 1.807) is 6.33 Å². The molecule has 6 heteroatoms. The summed E-state index contributed by atoms with van der Waals surface area (Å²) in [5, 5.41) is 14.4. The molecule has 5 nitrogen and oxygen atoms in total. The maximum atomic E-state index is 12.6. The summed E-state index contributed by atoms with van der Waals surface area (Å²) in [6.07, 6.45) is 1.68. The summed E-state index contributed by atoms with van der Waals surface area (Å²) in [6.45, 7) is 6.18. The Bertz CT molecular complexity index is 1200. The Balaban J connectivity index is 1.43. The van der Waals surface area contributed by atoms with E-state index in [1.807, 2.05) is 35.8 Å². The number of rotatable bonds is 6. The molecule has 1 N–H and O–H groups in total. The van der Waals surface area contributed by atoms with Gasteiger partial charge in [-0.05, 0) is 60.4 Å². The molecule has 1 heterocycles. The van der Waals surface area contributed by atoms with Crippen molar-refractivity contribution in [1.82, 2.24) is 20.1 Å². The van der Waals surface area contributed by atoms with Gasteiger partial charge in [0.25, 0.3) is 0 Å². The van der Waals surface area contributed by atoms with Gasteiger partial charge in [0, 0.05) is 5.69 Å². The van der Waals surface area contributed by atoms with E-state index >= 15 is 0 Å². The van der Waals surface area contributed by atoms with Crippen LogP contribution in [0, 0.1) is 13.8 Å². The minimum absolute atomic E-state index is 0.0323. The number of aryl methyl sites for hydroxylation is 2. The van der Waals surface area contributed by atoms with Crippen molar-refractivity contribution in [2.45, 2.75) is 32.0 Å². The zero-order valence-electron chi connectivity index (χ0n) is 17.3. The van der Waals surface area contributed by atoms with Crippen LogP contribution >= 0.6 is 11.8 Å². The number of carbonyl (C=O) groups is 1. The molecule has 0 fully saturated rings. The number of amides is 1. The second-order valence-electron chi connectivity index (χ2n) is 7.40. The Morgan fingerprint density at radius 2 is 1.87 bits per heavy atom. The third-order valence-electron chi connectivity index (χ3n) is 5.28. The van der Waals surface area contributed by atoms with Gasteiger partial charge in [-0.25, -0.2) is 0 Å². The maximum absolute atomic E-state index is 12.6. The van der Waals surface area contributed by atoms with Crippen molar-refractivity contribution in [3.63, 3.8) is 0 Å². The molecule has 3 aromatic carbocycles. The summed E-state index contributed by atoms with van der Waals surface area (Å²) in [6, 6.07) is 20.6. The van der Waals surface area contributed by atoms with E-state index in [4.69, 9.17) is 0 Å². The number of carbonyl (C=O) groups excluding carboxylic acids is 1. The molecule has 0 aliphatic rings. The highest BCUT2D eigenvalue weighted by Crippen LogP contribution is 2.25. The predicted molar refractivity (Wildman–Crippen MR) is 122 cm³/mol. The highest BCUT2D eigenvalue weighted by atomic mass is 32.2. The van der Waals surface area contributed by atoms with Gasteiger partial charge in [-0.1, -0.05) is 60.3 Å². The van der Waals surface area contributed by atoms with Crippen molar-refractivity contribution >= 4 is 28.4 Å². The fraction of sp³-hybridized carbons (Fsp3) is 0.208. The standard InChI is InChI=1S/C24H24N4OS/c1-16-11-12-20(13-17(16)2)28-15-25-27-24(28)30-14-23(29)26-18(3)21-10-6-8-19-7-4-5-9-22(19)21/h4-13,15,18H,14H2,1-3H3,(H,26,29). The predicted octanol–water partition coefficient (Wildman–Crippen LogP) is 5.01. The lowest BCUT2D eigenvalue weighted by Gasteiger charge is -2.16. The van der Waals surface area contributed by atoms with Crippen LogP contribution in [0.3, 0.4) is 0 Å². The molecule has 1 atom stereocenters. The molecule has 0 aliphatic carbocycles. The summed E-state index contributed by atoms with van der Waals surface area (Å²) in [7, 11) is 0. The van der Waals surface area contributed by atoms with Crippen molar-refractivity contribution in [3.8, 4) is 5.69 Å². The number of thioether (sulfide) groups is 1. The van der Waals surface area contributed by atoms with Crippen LogP contribution < -0.4 is 5.32 Å². The summed E-state index contributed by atoms with van der Waals surface area (Å²) >= 11 is 1.38. The van der Waals surface area contributed by atoms with E-state index in [-0.39, 0.29) is 17.7 Å². The lowest BCUT2D eigenvalue weighted by Crippen LogP contribution is -2.28. The third-order valence-corrected chi connectivity index (χ3v) is 6.23. The van der Waals surface area contributed by atoms with Crippen LogP contribution in [0.15, 0.2) is 72.1 Å². The molecule has 0 aliphatic heterocycles. The third kappa shape index (κ3) is 4.24. The van der Waals surface area contributed by atoms with Gasteiger partial charge in [0.2, 0.25) is 5.91 Å². The Morgan fingerprint density at radius 3 is 2.70 bits per heavy atom. The van der Waals surface area contributed by atoms with E-state index in [1.165, 1.54) is 28.3 Å². The first-order chi connectivity index (χ1) is 14.5. The number of hydrogen-bond acceptors (Lipinski definition) is 4. The zero-order valence-corrected chi connectivity index (χ0v) is 18.1. The normalized spacial score (nSPS) is 12.1. The first kappa shape index (κ1) is 20.2. The Kier molecular flexibility index (Phi) is 5.86. The van der Waals surface area contributed by atoms with Gasteiger partial charge < -0.3 is 5.32 Å². The van der Waals surface area contributed by atoms with Crippen molar-refractivity contribution < 1.29 is 4.79 Å². The maximum Gasteiger partial charge on any atom is 0.230 e. The van der Waals surface area contributed by atoms with Crippen molar-refractivity contribution in [2.24, 2.45) is 0 Å². The lowest BCUT2D eigenvalue weighted by atomic mass is 10.00. The molecule has 0 radical (unpaired) electrons. The van der Waals surface area contributed by atoms with Gasteiger partial charge in [-0.2, -0.15) is 0 Å². The molecule has 1 amide bonds. The molecular weight excluding hydrogens is 392 g/mol. The summed E-state index contributed by atoms with van der Waals surface area (Å²) in [5.41, 5.74) is 4.56. The zero-order chi connectivity index (χ0) is 21.1. The van der Waals surface area contributed by atoms with Crippen LogP contribution in [0.4, 0.5) is 0 Å². The quantitative estimate of drug-likeness (QED) is 0.449. The Morgan fingerprint density at radius 1 is 1.07 bits per heavy atom. The Hall–Kier alpha value is -3.12. The molecule has 30 heavy (non-hydrogen) atoms. The average Bonchev–Trinajstić information content (AvgIpc) is 3.22. The van der Waals surface area contributed by atoms with Crippen LogP contribution in [-0.4, -0.2) is 26.4 Å².